The molecule has 1 aliphatic rings. The number of carbonyl (C=O) groups is 1. The Kier molecular flexibility index (Phi) is 5.72. The van der Waals surface area contributed by atoms with Gasteiger partial charge in [0.1, 0.15) is 11.4 Å². The monoisotopic (exact) mass is 448 g/mol. The second-order valence-corrected chi connectivity index (χ2v) is 9.17. The van der Waals surface area contributed by atoms with E-state index in [4.69, 9.17) is 0 Å². The maximum absolute atomic E-state index is 13.6. The van der Waals surface area contributed by atoms with Crippen LogP contribution < -0.4 is 0 Å². The Hall–Kier alpha value is -2.91. The summed E-state index contributed by atoms with van der Waals surface area (Å²) in [6.45, 7) is 8.67. The number of hydrogen-bond acceptors (Lipinski definition) is 4. The van der Waals surface area contributed by atoms with Crippen molar-refractivity contribution in [3.05, 3.63) is 46.7 Å². The first-order chi connectivity index (χ1) is 15.0. The predicted molar refractivity (Wildman–Crippen MR) is 112 cm³/mol. The van der Waals surface area contributed by atoms with Gasteiger partial charge in [0.15, 0.2) is 5.65 Å². The first-order valence-electron chi connectivity index (χ1n) is 10.8. The fourth-order valence-corrected chi connectivity index (χ4v) is 4.07. The number of fused-ring (bicyclic) bond motifs is 1. The maximum atomic E-state index is 13.6. The molecule has 10 heteroatoms. The predicted octanol–water partition coefficient (Wildman–Crippen LogP) is 4.42. The minimum absolute atomic E-state index is 0.145. The van der Waals surface area contributed by atoms with E-state index in [2.05, 4.69) is 34.1 Å². The van der Waals surface area contributed by atoms with Crippen LogP contribution in [0.15, 0.2) is 18.2 Å². The molecule has 3 aromatic heterocycles. The molecule has 1 amide bonds. The molecule has 7 nitrogen and oxygen atoms in total. The Morgan fingerprint density at radius 2 is 1.97 bits per heavy atom. The van der Waals surface area contributed by atoms with E-state index in [1.807, 2.05) is 0 Å². The largest absolute Gasteiger partial charge is 0.433 e. The van der Waals surface area contributed by atoms with E-state index in [1.54, 1.807) is 30.9 Å². The van der Waals surface area contributed by atoms with Gasteiger partial charge in [0, 0.05) is 36.5 Å². The molecule has 0 saturated carbocycles. The van der Waals surface area contributed by atoms with Crippen molar-refractivity contribution < 1.29 is 18.0 Å². The van der Waals surface area contributed by atoms with Gasteiger partial charge in [-0.1, -0.05) is 27.7 Å². The van der Waals surface area contributed by atoms with Gasteiger partial charge in [-0.05, 0) is 36.8 Å². The number of hydrogen-bond donors (Lipinski definition) is 1. The van der Waals surface area contributed by atoms with Gasteiger partial charge >= 0.3 is 6.18 Å². The molecule has 0 unspecified atom stereocenters. The van der Waals surface area contributed by atoms with Crippen LogP contribution in [0.2, 0.25) is 0 Å². The first kappa shape index (κ1) is 22.3. The van der Waals surface area contributed by atoms with Crippen LogP contribution in [0, 0.1) is 5.92 Å². The molecule has 1 atom stereocenters. The highest BCUT2D eigenvalue weighted by Crippen LogP contribution is 2.33. The van der Waals surface area contributed by atoms with Crippen LogP contribution in [0.5, 0.6) is 0 Å². The number of rotatable bonds is 5. The van der Waals surface area contributed by atoms with Gasteiger partial charge in [-0.15, -0.1) is 0 Å². The zero-order valence-corrected chi connectivity index (χ0v) is 18.6. The highest BCUT2D eigenvalue weighted by atomic mass is 19.4. The van der Waals surface area contributed by atoms with Crippen molar-refractivity contribution >= 4 is 11.6 Å². The van der Waals surface area contributed by atoms with Gasteiger partial charge in [-0.2, -0.15) is 23.4 Å². The Labute approximate surface area is 184 Å². The standard InChI is InChI=1S/C22H27F3N6O/c1-12(2)7-15-8-18(28-27-15)21(32)30-6-5-14(11-30)17-10-20-26-16(13(3)4)9-19(22(23,24)25)31(20)29-17/h8-10,12-14H,5-7,11H2,1-4H3,(H,27,28)/t14-/m1/s1. The molecule has 1 saturated heterocycles. The van der Waals surface area contributed by atoms with Crippen molar-refractivity contribution in [1.82, 2.24) is 29.7 Å². The third kappa shape index (κ3) is 4.35. The highest BCUT2D eigenvalue weighted by molar-refractivity contribution is 5.92. The van der Waals surface area contributed by atoms with Gasteiger partial charge in [0.2, 0.25) is 0 Å². The summed E-state index contributed by atoms with van der Waals surface area (Å²) in [6, 6.07) is 4.44. The second-order valence-electron chi connectivity index (χ2n) is 9.17. The normalized spacial score (nSPS) is 17.3. The van der Waals surface area contributed by atoms with Crippen molar-refractivity contribution in [2.24, 2.45) is 5.92 Å². The lowest BCUT2D eigenvalue weighted by Crippen LogP contribution is -2.28. The zero-order valence-electron chi connectivity index (χ0n) is 18.6. The highest BCUT2D eigenvalue weighted by Gasteiger charge is 2.37. The molecular formula is C22H27F3N6O. The van der Waals surface area contributed by atoms with E-state index >= 15 is 0 Å². The topological polar surface area (TPSA) is 79.2 Å². The summed E-state index contributed by atoms with van der Waals surface area (Å²) in [5.41, 5.74) is 1.49. The number of carbonyl (C=O) groups excluding carboxylic acids is 1. The fourth-order valence-electron chi connectivity index (χ4n) is 4.07. The smallest absolute Gasteiger partial charge is 0.337 e. The van der Waals surface area contributed by atoms with Crippen LogP contribution in [0.3, 0.4) is 0 Å². The van der Waals surface area contributed by atoms with Crippen LogP contribution in [0.4, 0.5) is 13.2 Å². The lowest BCUT2D eigenvalue weighted by atomic mass is 10.1. The Morgan fingerprint density at radius 3 is 2.62 bits per heavy atom. The summed E-state index contributed by atoms with van der Waals surface area (Å²) < 4.78 is 41.8. The van der Waals surface area contributed by atoms with Crippen molar-refractivity contribution in [1.29, 1.82) is 0 Å². The summed E-state index contributed by atoms with van der Waals surface area (Å²) in [4.78, 5) is 18.9. The van der Waals surface area contributed by atoms with E-state index in [9.17, 15) is 18.0 Å². The van der Waals surface area contributed by atoms with Gasteiger partial charge in [0.05, 0.1) is 5.69 Å². The third-order valence-corrected chi connectivity index (χ3v) is 5.72. The molecule has 0 radical (unpaired) electrons. The van der Waals surface area contributed by atoms with Gasteiger partial charge < -0.3 is 4.90 Å². The molecule has 0 spiro atoms. The number of nitrogens with one attached hydrogen (secondary N) is 1. The van der Waals surface area contributed by atoms with Crippen molar-refractivity contribution in [3.8, 4) is 0 Å². The van der Waals surface area contributed by atoms with Crippen LogP contribution in [0.25, 0.3) is 5.65 Å². The summed E-state index contributed by atoms with van der Waals surface area (Å²) in [5.74, 6) is -0.0402. The number of H-pyrrole nitrogens is 1. The lowest BCUT2D eigenvalue weighted by molar-refractivity contribution is -0.142. The molecule has 0 bridgehead atoms. The Morgan fingerprint density at radius 1 is 1.22 bits per heavy atom. The average Bonchev–Trinajstić information content (AvgIpc) is 3.43. The number of aromatic nitrogens is 5. The molecule has 3 aromatic rings. The first-order valence-corrected chi connectivity index (χ1v) is 10.8. The molecular weight excluding hydrogens is 421 g/mol. The minimum atomic E-state index is -4.54. The van der Waals surface area contributed by atoms with Crippen LogP contribution in [-0.2, 0) is 12.6 Å². The van der Waals surface area contributed by atoms with Crippen LogP contribution in [0.1, 0.15) is 79.2 Å². The van der Waals surface area contributed by atoms with E-state index in [0.717, 1.165) is 22.7 Å². The lowest BCUT2D eigenvalue weighted by Gasteiger charge is -2.14. The van der Waals surface area contributed by atoms with E-state index in [0.29, 0.717) is 42.5 Å². The summed E-state index contributed by atoms with van der Waals surface area (Å²) >= 11 is 0. The summed E-state index contributed by atoms with van der Waals surface area (Å²) in [5, 5.41) is 11.3. The quantitative estimate of drug-likeness (QED) is 0.627. The van der Waals surface area contributed by atoms with E-state index < -0.39 is 11.9 Å². The van der Waals surface area contributed by atoms with Crippen molar-refractivity contribution in [2.75, 3.05) is 13.1 Å². The fraction of sp³-hybridized carbons (Fsp3) is 0.545. The number of halogens is 3. The SMILES string of the molecule is CC(C)Cc1cc(C(=O)N2CC[C@@H](c3cc4nc(C(C)C)cc(C(F)(F)F)n4n3)C2)n[nH]1. The number of nitrogens with zero attached hydrogens (tertiary/aromatic N) is 5. The third-order valence-electron chi connectivity index (χ3n) is 5.72. The van der Waals surface area contributed by atoms with Crippen molar-refractivity contribution in [3.63, 3.8) is 0 Å². The second kappa shape index (κ2) is 8.22. The molecule has 32 heavy (non-hydrogen) atoms. The Bertz CT molecular complexity index is 1130. The zero-order chi connectivity index (χ0) is 23.2. The van der Waals surface area contributed by atoms with Gasteiger partial charge in [-0.25, -0.2) is 9.50 Å². The Balaban J connectivity index is 1.57. The average molecular weight is 448 g/mol. The molecule has 1 N–H and O–H groups in total. The van der Waals surface area contributed by atoms with E-state index in [-0.39, 0.29) is 23.4 Å². The molecule has 0 aliphatic carbocycles. The summed E-state index contributed by atoms with van der Waals surface area (Å²) in [6.07, 6.45) is -3.12. The molecule has 0 aromatic carbocycles. The number of aromatic amines is 1. The van der Waals surface area contributed by atoms with Crippen LogP contribution >= 0.6 is 0 Å². The number of amides is 1. The van der Waals surface area contributed by atoms with Gasteiger partial charge in [0.25, 0.3) is 5.91 Å². The summed E-state index contributed by atoms with van der Waals surface area (Å²) in [7, 11) is 0. The number of likely N-dealkylation sites (tertiary alicyclic amines) is 1. The molecule has 1 fully saturated rings. The molecule has 172 valence electrons. The molecule has 4 rings (SSSR count). The van der Waals surface area contributed by atoms with E-state index in [1.165, 1.54) is 0 Å². The molecule has 4 heterocycles. The minimum Gasteiger partial charge on any atom is -0.337 e. The number of alkyl halides is 3. The van der Waals surface area contributed by atoms with Crippen LogP contribution in [-0.4, -0.2) is 48.7 Å². The maximum Gasteiger partial charge on any atom is 0.433 e. The van der Waals surface area contributed by atoms with Crippen molar-refractivity contribution in [2.45, 2.75) is 58.5 Å². The molecule has 1 aliphatic heterocycles. The van der Waals surface area contributed by atoms with Gasteiger partial charge in [-0.3, -0.25) is 9.89 Å².